The van der Waals surface area contributed by atoms with E-state index < -0.39 is 0 Å². The van der Waals surface area contributed by atoms with Crippen LogP contribution in [0.4, 0.5) is 5.82 Å². The van der Waals surface area contributed by atoms with E-state index in [1.807, 2.05) is 6.92 Å². The Morgan fingerprint density at radius 3 is 2.64 bits per heavy atom. The SMILES string of the molecule is Cc1nccnc1NC1(CO)CCC1. The van der Waals surface area contributed by atoms with Gasteiger partial charge in [-0.1, -0.05) is 0 Å². The Kier molecular flexibility index (Phi) is 2.37. The van der Waals surface area contributed by atoms with Crippen LogP contribution in [0.2, 0.25) is 0 Å². The molecule has 0 unspecified atom stereocenters. The van der Waals surface area contributed by atoms with Gasteiger partial charge in [0.05, 0.1) is 17.8 Å². The summed E-state index contributed by atoms with van der Waals surface area (Å²) < 4.78 is 0. The summed E-state index contributed by atoms with van der Waals surface area (Å²) in [6.45, 7) is 2.09. The van der Waals surface area contributed by atoms with Crippen molar-refractivity contribution in [1.82, 2.24) is 9.97 Å². The Morgan fingerprint density at radius 1 is 1.43 bits per heavy atom. The van der Waals surface area contributed by atoms with E-state index >= 15 is 0 Å². The van der Waals surface area contributed by atoms with E-state index in [0.29, 0.717) is 0 Å². The highest BCUT2D eigenvalue weighted by atomic mass is 16.3. The van der Waals surface area contributed by atoms with E-state index in [9.17, 15) is 5.11 Å². The maximum atomic E-state index is 9.28. The van der Waals surface area contributed by atoms with Gasteiger partial charge in [-0.2, -0.15) is 0 Å². The molecule has 0 amide bonds. The topological polar surface area (TPSA) is 58.0 Å². The lowest BCUT2D eigenvalue weighted by Gasteiger charge is -2.41. The summed E-state index contributed by atoms with van der Waals surface area (Å²) in [7, 11) is 0. The fraction of sp³-hybridized carbons (Fsp3) is 0.600. The molecule has 0 aliphatic heterocycles. The van der Waals surface area contributed by atoms with Gasteiger partial charge in [-0.25, -0.2) is 4.98 Å². The molecule has 4 nitrogen and oxygen atoms in total. The first kappa shape index (κ1) is 9.40. The molecule has 1 heterocycles. The lowest BCUT2D eigenvalue weighted by atomic mass is 9.77. The van der Waals surface area contributed by atoms with E-state index in [1.54, 1.807) is 12.4 Å². The van der Waals surface area contributed by atoms with Crippen LogP contribution < -0.4 is 5.32 Å². The smallest absolute Gasteiger partial charge is 0.147 e. The minimum Gasteiger partial charge on any atom is -0.394 e. The molecule has 2 rings (SSSR count). The molecule has 0 bridgehead atoms. The fourth-order valence-electron chi connectivity index (χ4n) is 1.71. The number of aliphatic hydroxyl groups is 1. The van der Waals surface area contributed by atoms with E-state index in [1.165, 1.54) is 6.42 Å². The highest BCUT2D eigenvalue weighted by Gasteiger charge is 2.36. The Morgan fingerprint density at radius 2 is 2.14 bits per heavy atom. The first-order valence-corrected chi connectivity index (χ1v) is 4.92. The van der Waals surface area contributed by atoms with Crippen LogP contribution in [0.15, 0.2) is 12.4 Å². The molecule has 1 fully saturated rings. The minimum absolute atomic E-state index is 0.138. The molecule has 1 aliphatic rings. The Hall–Kier alpha value is -1.16. The van der Waals surface area contributed by atoms with Gasteiger partial charge < -0.3 is 10.4 Å². The monoisotopic (exact) mass is 193 g/mol. The Labute approximate surface area is 83.4 Å². The molecule has 76 valence electrons. The quantitative estimate of drug-likeness (QED) is 0.755. The van der Waals surface area contributed by atoms with E-state index in [-0.39, 0.29) is 12.1 Å². The maximum absolute atomic E-state index is 9.28. The number of anilines is 1. The molecule has 0 radical (unpaired) electrons. The van der Waals surface area contributed by atoms with Gasteiger partial charge in [0.1, 0.15) is 5.82 Å². The Balaban J connectivity index is 2.13. The number of hydrogen-bond acceptors (Lipinski definition) is 4. The van der Waals surface area contributed by atoms with Crippen molar-refractivity contribution in [2.24, 2.45) is 0 Å². The molecule has 0 spiro atoms. The van der Waals surface area contributed by atoms with Crippen LogP contribution in [0.1, 0.15) is 25.0 Å². The van der Waals surface area contributed by atoms with Gasteiger partial charge in [-0.3, -0.25) is 4.98 Å². The number of rotatable bonds is 3. The molecule has 14 heavy (non-hydrogen) atoms. The Bertz CT molecular complexity index is 317. The van der Waals surface area contributed by atoms with Crippen LogP contribution >= 0.6 is 0 Å². The van der Waals surface area contributed by atoms with Gasteiger partial charge in [0.2, 0.25) is 0 Å². The molecule has 1 aromatic heterocycles. The van der Waals surface area contributed by atoms with Crippen molar-refractivity contribution in [2.45, 2.75) is 31.7 Å². The number of nitrogens with one attached hydrogen (secondary N) is 1. The van der Waals surface area contributed by atoms with Gasteiger partial charge in [-0.05, 0) is 26.2 Å². The molecular weight excluding hydrogens is 178 g/mol. The molecule has 4 heteroatoms. The standard InChI is InChI=1S/C10H15N3O/c1-8-9(12-6-5-11-8)13-10(7-14)3-2-4-10/h5-6,14H,2-4,7H2,1H3,(H,12,13). The summed E-state index contributed by atoms with van der Waals surface area (Å²) in [5.74, 6) is 0.793. The highest BCUT2D eigenvalue weighted by molar-refractivity contribution is 5.42. The molecule has 0 saturated heterocycles. The second-order valence-electron chi connectivity index (χ2n) is 3.91. The number of aromatic nitrogens is 2. The number of aliphatic hydroxyl groups excluding tert-OH is 1. The first-order chi connectivity index (χ1) is 6.76. The van der Waals surface area contributed by atoms with Gasteiger partial charge in [0.25, 0.3) is 0 Å². The molecular formula is C10H15N3O. The molecule has 0 aromatic carbocycles. The normalized spacial score (nSPS) is 18.7. The predicted molar refractivity (Wildman–Crippen MR) is 54.1 cm³/mol. The zero-order valence-corrected chi connectivity index (χ0v) is 8.32. The van der Waals surface area contributed by atoms with Crippen LogP contribution in [0.3, 0.4) is 0 Å². The van der Waals surface area contributed by atoms with Crippen LogP contribution in [0.5, 0.6) is 0 Å². The predicted octanol–water partition coefficient (Wildman–Crippen LogP) is 1.11. The molecule has 1 aliphatic carbocycles. The molecule has 1 saturated carbocycles. The fourth-order valence-corrected chi connectivity index (χ4v) is 1.71. The summed E-state index contributed by atoms with van der Waals surface area (Å²) in [5.41, 5.74) is 0.744. The number of hydrogen-bond donors (Lipinski definition) is 2. The average Bonchev–Trinajstić information content (AvgIpc) is 2.14. The van der Waals surface area contributed by atoms with Gasteiger partial charge in [0, 0.05) is 12.4 Å². The van der Waals surface area contributed by atoms with Crippen molar-refractivity contribution in [3.8, 4) is 0 Å². The molecule has 1 aromatic rings. The number of aryl methyl sites for hydroxylation is 1. The summed E-state index contributed by atoms with van der Waals surface area (Å²) in [4.78, 5) is 8.36. The van der Waals surface area contributed by atoms with Crippen molar-refractivity contribution >= 4 is 5.82 Å². The lowest BCUT2D eigenvalue weighted by molar-refractivity contribution is 0.143. The first-order valence-electron chi connectivity index (χ1n) is 4.92. The number of nitrogens with zero attached hydrogens (tertiary/aromatic N) is 2. The van der Waals surface area contributed by atoms with E-state index in [2.05, 4.69) is 15.3 Å². The highest BCUT2D eigenvalue weighted by Crippen LogP contribution is 2.34. The summed E-state index contributed by atoms with van der Waals surface area (Å²) >= 11 is 0. The van der Waals surface area contributed by atoms with Gasteiger partial charge >= 0.3 is 0 Å². The van der Waals surface area contributed by atoms with E-state index in [0.717, 1.165) is 24.4 Å². The van der Waals surface area contributed by atoms with Crippen molar-refractivity contribution in [3.05, 3.63) is 18.1 Å². The third-order valence-corrected chi connectivity index (χ3v) is 2.88. The van der Waals surface area contributed by atoms with Crippen molar-refractivity contribution in [1.29, 1.82) is 0 Å². The largest absolute Gasteiger partial charge is 0.394 e. The zero-order chi connectivity index (χ0) is 10.0. The maximum Gasteiger partial charge on any atom is 0.147 e. The lowest BCUT2D eigenvalue weighted by Crippen LogP contribution is -2.48. The van der Waals surface area contributed by atoms with Crippen LogP contribution in [0.25, 0.3) is 0 Å². The van der Waals surface area contributed by atoms with Gasteiger partial charge in [-0.15, -0.1) is 0 Å². The average molecular weight is 193 g/mol. The van der Waals surface area contributed by atoms with Crippen molar-refractivity contribution < 1.29 is 5.11 Å². The molecule has 0 atom stereocenters. The summed E-state index contributed by atoms with van der Waals surface area (Å²) in [6, 6.07) is 0. The van der Waals surface area contributed by atoms with E-state index in [4.69, 9.17) is 0 Å². The summed E-state index contributed by atoms with van der Waals surface area (Å²) in [5, 5.41) is 12.6. The minimum atomic E-state index is -0.138. The van der Waals surface area contributed by atoms with Crippen molar-refractivity contribution in [2.75, 3.05) is 11.9 Å². The van der Waals surface area contributed by atoms with Crippen molar-refractivity contribution in [3.63, 3.8) is 0 Å². The summed E-state index contributed by atoms with van der Waals surface area (Å²) in [6.07, 6.45) is 6.54. The second-order valence-corrected chi connectivity index (χ2v) is 3.91. The van der Waals surface area contributed by atoms with Gasteiger partial charge in [0.15, 0.2) is 0 Å². The van der Waals surface area contributed by atoms with Crippen LogP contribution in [-0.2, 0) is 0 Å². The second kappa shape index (κ2) is 3.53. The van der Waals surface area contributed by atoms with Crippen LogP contribution in [0, 0.1) is 6.92 Å². The molecule has 2 N–H and O–H groups in total. The third-order valence-electron chi connectivity index (χ3n) is 2.88. The van der Waals surface area contributed by atoms with Crippen LogP contribution in [-0.4, -0.2) is 27.2 Å². The third kappa shape index (κ3) is 1.57. The zero-order valence-electron chi connectivity index (χ0n) is 8.32.